The molecular formula is C22H36N4O2. The van der Waals surface area contributed by atoms with Crippen molar-refractivity contribution in [3.8, 4) is 0 Å². The second-order valence-electron chi connectivity index (χ2n) is 7.67. The van der Waals surface area contributed by atoms with Crippen molar-refractivity contribution in [2.24, 2.45) is 10.4 Å². The van der Waals surface area contributed by atoms with Crippen LogP contribution in [0.2, 0.25) is 0 Å². The van der Waals surface area contributed by atoms with Gasteiger partial charge in [0.05, 0.1) is 0 Å². The number of benzene rings is 1. The summed E-state index contributed by atoms with van der Waals surface area (Å²) in [6.07, 6.45) is 7.23. The normalized spacial score (nSPS) is 16.4. The van der Waals surface area contributed by atoms with E-state index in [1.807, 2.05) is 37.3 Å². The van der Waals surface area contributed by atoms with E-state index in [1.54, 1.807) is 0 Å². The number of aliphatic hydroxyl groups excluding tert-OH is 1. The molecule has 0 unspecified atom stereocenters. The van der Waals surface area contributed by atoms with Crippen LogP contribution >= 0.6 is 0 Å². The Balaban J connectivity index is 1.77. The molecule has 0 bridgehead atoms. The highest BCUT2D eigenvalue weighted by molar-refractivity contribution is 5.81. The summed E-state index contributed by atoms with van der Waals surface area (Å²) in [5.74, 6) is 0.775. The van der Waals surface area contributed by atoms with Crippen LogP contribution < -0.4 is 16.0 Å². The maximum atomic E-state index is 12.1. The molecule has 0 spiro atoms. The van der Waals surface area contributed by atoms with Gasteiger partial charge in [-0.15, -0.1) is 0 Å². The van der Waals surface area contributed by atoms with Gasteiger partial charge >= 0.3 is 0 Å². The number of amides is 1. The van der Waals surface area contributed by atoms with Crippen LogP contribution in [0.5, 0.6) is 0 Å². The first-order valence-electron chi connectivity index (χ1n) is 10.6. The van der Waals surface area contributed by atoms with Crippen molar-refractivity contribution in [3.63, 3.8) is 0 Å². The zero-order valence-corrected chi connectivity index (χ0v) is 17.2. The summed E-state index contributed by atoms with van der Waals surface area (Å²) in [6.45, 7) is 4.86. The molecule has 0 radical (unpaired) electrons. The number of carbonyl (C=O) groups excluding carboxylic acids is 1. The van der Waals surface area contributed by atoms with E-state index in [0.29, 0.717) is 19.5 Å². The number of aliphatic imine (C=N–C) groups is 1. The molecular weight excluding hydrogens is 352 g/mol. The molecule has 0 aromatic heterocycles. The SMILES string of the molecule is CCNC(=NCC1(CCO)CCCCC1)NCCC(=O)NCc1ccccc1. The van der Waals surface area contributed by atoms with Gasteiger partial charge in [0.15, 0.2) is 5.96 Å². The first-order valence-corrected chi connectivity index (χ1v) is 10.6. The number of aliphatic hydroxyl groups is 1. The highest BCUT2D eigenvalue weighted by Gasteiger charge is 2.31. The van der Waals surface area contributed by atoms with Crippen molar-refractivity contribution in [1.82, 2.24) is 16.0 Å². The molecule has 6 heteroatoms. The Morgan fingerprint density at radius 1 is 1.11 bits per heavy atom. The van der Waals surface area contributed by atoms with Gasteiger partial charge in [-0.05, 0) is 37.2 Å². The van der Waals surface area contributed by atoms with Gasteiger partial charge in [0.2, 0.25) is 5.91 Å². The molecule has 1 aromatic carbocycles. The average molecular weight is 389 g/mol. The van der Waals surface area contributed by atoms with Gasteiger partial charge in [0.25, 0.3) is 0 Å². The molecule has 6 nitrogen and oxygen atoms in total. The minimum absolute atomic E-state index is 0.0243. The van der Waals surface area contributed by atoms with Crippen LogP contribution in [-0.4, -0.2) is 43.2 Å². The van der Waals surface area contributed by atoms with Gasteiger partial charge in [-0.1, -0.05) is 49.6 Å². The zero-order chi connectivity index (χ0) is 20.1. The van der Waals surface area contributed by atoms with Crippen LogP contribution in [0.4, 0.5) is 0 Å². The number of nitrogens with zero attached hydrogens (tertiary/aromatic N) is 1. The van der Waals surface area contributed by atoms with Crippen LogP contribution in [-0.2, 0) is 11.3 Å². The highest BCUT2D eigenvalue weighted by Crippen LogP contribution is 2.39. The van der Waals surface area contributed by atoms with Gasteiger partial charge in [-0.2, -0.15) is 0 Å². The van der Waals surface area contributed by atoms with Gasteiger partial charge in [0, 0.05) is 39.2 Å². The van der Waals surface area contributed by atoms with Crippen LogP contribution in [0.3, 0.4) is 0 Å². The van der Waals surface area contributed by atoms with E-state index in [0.717, 1.165) is 43.9 Å². The summed E-state index contributed by atoms with van der Waals surface area (Å²) in [5.41, 5.74) is 1.22. The van der Waals surface area contributed by atoms with E-state index >= 15 is 0 Å². The second kappa shape index (κ2) is 12.4. The summed E-state index contributed by atoms with van der Waals surface area (Å²) in [7, 11) is 0. The third-order valence-electron chi connectivity index (χ3n) is 5.45. The molecule has 0 aliphatic heterocycles. The Morgan fingerprint density at radius 3 is 2.54 bits per heavy atom. The first-order chi connectivity index (χ1) is 13.7. The topological polar surface area (TPSA) is 85.8 Å². The minimum Gasteiger partial charge on any atom is -0.396 e. The van der Waals surface area contributed by atoms with Crippen molar-refractivity contribution >= 4 is 11.9 Å². The summed E-state index contributed by atoms with van der Waals surface area (Å²) in [4.78, 5) is 16.8. The minimum atomic E-state index is 0.0243. The predicted molar refractivity (Wildman–Crippen MR) is 114 cm³/mol. The molecule has 0 atom stereocenters. The van der Waals surface area contributed by atoms with Crippen LogP contribution in [0.15, 0.2) is 35.3 Å². The second-order valence-corrected chi connectivity index (χ2v) is 7.67. The van der Waals surface area contributed by atoms with Gasteiger partial charge < -0.3 is 21.1 Å². The first kappa shape index (κ1) is 22.2. The van der Waals surface area contributed by atoms with E-state index in [1.165, 1.54) is 19.3 Å². The monoisotopic (exact) mass is 388 g/mol. The largest absolute Gasteiger partial charge is 0.396 e. The molecule has 1 aromatic rings. The Hall–Kier alpha value is -2.08. The van der Waals surface area contributed by atoms with Crippen molar-refractivity contribution < 1.29 is 9.90 Å². The van der Waals surface area contributed by atoms with Gasteiger partial charge in [-0.25, -0.2) is 0 Å². The van der Waals surface area contributed by atoms with Crippen LogP contribution in [0.25, 0.3) is 0 Å². The number of carbonyl (C=O) groups is 1. The third kappa shape index (κ3) is 7.89. The Morgan fingerprint density at radius 2 is 1.86 bits per heavy atom. The standard InChI is InChI=1S/C22H36N4O2/c1-2-23-21(26-18-22(14-16-27)12-7-4-8-13-22)24-15-11-20(28)25-17-19-9-5-3-6-10-19/h3,5-6,9-10,27H,2,4,7-8,11-18H2,1H3,(H,25,28)(H2,23,24,26). The molecule has 1 fully saturated rings. The number of hydrogen-bond acceptors (Lipinski definition) is 3. The lowest BCUT2D eigenvalue weighted by atomic mass is 9.72. The van der Waals surface area contributed by atoms with Crippen LogP contribution in [0.1, 0.15) is 57.4 Å². The van der Waals surface area contributed by atoms with Crippen molar-refractivity contribution in [2.75, 3.05) is 26.2 Å². The fourth-order valence-corrected chi connectivity index (χ4v) is 3.79. The third-order valence-corrected chi connectivity index (χ3v) is 5.45. The van der Waals surface area contributed by atoms with Crippen LogP contribution in [0, 0.1) is 5.41 Å². The molecule has 2 rings (SSSR count). The fraction of sp³-hybridized carbons (Fsp3) is 0.636. The lowest BCUT2D eigenvalue weighted by Crippen LogP contribution is -2.40. The van der Waals surface area contributed by atoms with Crippen molar-refractivity contribution in [3.05, 3.63) is 35.9 Å². The van der Waals surface area contributed by atoms with Gasteiger partial charge in [0.1, 0.15) is 0 Å². The fourth-order valence-electron chi connectivity index (χ4n) is 3.79. The Labute approximate surface area is 169 Å². The van der Waals surface area contributed by atoms with Gasteiger partial charge in [-0.3, -0.25) is 9.79 Å². The smallest absolute Gasteiger partial charge is 0.222 e. The van der Waals surface area contributed by atoms with E-state index in [2.05, 4.69) is 16.0 Å². The number of rotatable bonds is 10. The molecule has 1 saturated carbocycles. The quantitative estimate of drug-likeness (QED) is 0.367. The number of nitrogens with one attached hydrogen (secondary N) is 3. The molecule has 1 amide bonds. The molecule has 0 heterocycles. The number of guanidine groups is 1. The van der Waals surface area contributed by atoms with E-state index in [4.69, 9.17) is 4.99 Å². The summed E-state index contributed by atoms with van der Waals surface area (Å²) >= 11 is 0. The summed E-state index contributed by atoms with van der Waals surface area (Å²) < 4.78 is 0. The zero-order valence-electron chi connectivity index (χ0n) is 17.2. The molecule has 4 N–H and O–H groups in total. The van der Waals surface area contributed by atoms with E-state index in [-0.39, 0.29) is 17.9 Å². The molecule has 1 aliphatic rings. The maximum Gasteiger partial charge on any atom is 0.222 e. The van der Waals surface area contributed by atoms with E-state index < -0.39 is 0 Å². The molecule has 1 aliphatic carbocycles. The maximum absolute atomic E-state index is 12.1. The van der Waals surface area contributed by atoms with Crippen molar-refractivity contribution in [2.45, 2.75) is 58.4 Å². The van der Waals surface area contributed by atoms with Crippen molar-refractivity contribution in [1.29, 1.82) is 0 Å². The molecule has 156 valence electrons. The van der Waals surface area contributed by atoms with E-state index in [9.17, 15) is 9.90 Å². The molecule has 28 heavy (non-hydrogen) atoms. The Bertz CT molecular complexity index is 592. The summed E-state index contributed by atoms with van der Waals surface area (Å²) in [6, 6.07) is 9.91. The Kier molecular flexibility index (Phi) is 9.83. The predicted octanol–water partition coefficient (Wildman–Crippen LogP) is 2.58. The lowest BCUT2D eigenvalue weighted by molar-refractivity contribution is -0.121. The lowest BCUT2D eigenvalue weighted by Gasteiger charge is -2.35. The summed E-state index contributed by atoms with van der Waals surface area (Å²) in [5, 5.41) is 18.9. The average Bonchev–Trinajstić information content (AvgIpc) is 2.72. The highest BCUT2D eigenvalue weighted by atomic mass is 16.3. The number of hydrogen-bond donors (Lipinski definition) is 4. The molecule has 0 saturated heterocycles.